The van der Waals surface area contributed by atoms with Crippen molar-refractivity contribution in [3.63, 3.8) is 0 Å². The van der Waals surface area contributed by atoms with Crippen molar-refractivity contribution in [1.29, 1.82) is 0 Å². The quantitative estimate of drug-likeness (QED) is 0.0629. The van der Waals surface area contributed by atoms with Crippen LogP contribution in [0.1, 0.15) is 169 Å². The predicted octanol–water partition coefficient (Wildman–Crippen LogP) is 11.6. The lowest BCUT2D eigenvalue weighted by molar-refractivity contribution is -0.148. The van der Waals surface area contributed by atoms with Crippen LogP contribution in [0.3, 0.4) is 0 Å². The minimum absolute atomic E-state index is 0.341. The Bertz CT molecular complexity index is 793. The second-order valence-electron chi connectivity index (χ2n) is 12.6. The van der Waals surface area contributed by atoms with Crippen LogP contribution in [0.2, 0.25) is 0 Å². The van der Waals surface area contributed by atoms with E-state index in [0.717, 1.165) is 29.9 Å². The second kappa shape index (κ2) is 24.6. The zero-order chi connectivity index (χ0) is 30.0. The zero-order valence-electron chi connectivity index (χ0n) is 27.6. The largest absolute Gasteiger partial charge is 0.490 e. The standard InChI is InChI=1S/C37H64O4/c1-6-8-10-12-14-16-18-20-22-24-30-39-34-28-26-33(27-29-36(38)41-37(3,4)5)32-35(34)40-31-25-23-21-19-17-15-13-11-9-7-2/h26-29,32H,6-25,30-31H2,1-5H3. The molecule has 4 nitrogen and oxygen atoms in total. The summed E-state index contributed by atoms with van der Waals surface area (Å²) in [6.07, 6.45) is 29.4. The lowest BCUT2D eigenvalue weighted by atomic mass is 10.1. The van der Waals surface area contributed by atoms with E-state index in [1.54, 1.807) is 6.08 Å². The molecule has 0 unspecified atom stereocenters. The molecule has 1 rings (SSSR count). The number of carbonyl (C=O) groups is 1. The van der Waals surface area contributed by atoms with Gasteiger partial charge in [0.25, 0.3) is 0 Å². The molecule has 236 valence electrons. The lowest BCUT2D eigenvalue weighted by Gasteiger charge is -2.18. The number of hydrogen-bond acceptors (Lipinski definition) is 4. The van der Waals surface area contributed by atoms with Crippen molar-refractivity contribution < 1.29 is 19.0 Å². The maximum Gasteiger partial charge on any atom is 0.331 e. The van der Waals surface area contributed by atoms with Crippen LogP contribution in [-0.2, 0) is 9.53 Å². The van der Waals surface area contributed by atoms with E-state index < -0.39 is 5.60 Å². The van der Waals surface area contributed by atoms with Gasteiger partial charge in [0.05, 0.1) is 13.2 Å². The number of unbranched alkanes of at least 4 members (excludes halogenated alkanes) is 18. The molecule has 0 aliphatic heterocycles. The average Bonchev–Trinajstić information content (AvgIpc) is 2.93. The van der Waals surface area contributed by atoms with Gasteiger partial charge in [-0.25, -0.2) is 4.79 Å². The number of hydrogen-bond donors (Lipinski definition) is 0. The molecular formula is C37H64O4. The zero-order valence-corrected chi connectivity index (χ0v) is 27.6. The van der Waals surface area contributed by atoms with Crippen molar-refractivity contribution in [1.82, 2.24) is 0 Å². The Morgan fingerprint density at radius 3 is 1.46 bits per heavy atom. The molecule has 41 heavy (non-hydrogen) atoms. The van der Waals surface area contributed by atoms with Gasteiger partial charge in [0.1, 0.15) is 5.60 Å². The monoisotopic (exact) mass is 572 g/mol. The SMILES string of the molecule is CCCCCCCCCCCCOc1ccc(C=CC(=O)OC(C)(C)C)cc1OCCCCCCCCCCCC. The maximum absolute atomic E-state index is 12.1. The van der Waals surface area contributed by atoms with Gasteiger partial charge in [-0.3, -0.25) is 0 Å². The molecule has 4 heteroatoms. The summed E-state index contributed by atoms with van der Waals surface area (Å²) in [6.45, 7) is 11.6. The lowest BCUT2D eigenvalue weighted by Crippen LogP contribution is -2.22. The molecule has 0 saturated heterocycles. The molecule has 0 radical (unpaired) electrons. The van der Waals surface area contributed by atoms with E-state index in [0.29, 0.717) is 13.2 Å². The minimum Gasteiger partial charge on any atom is -0.490 e. The van der Waals surface area contributed by atoms with Crippen LogP contribution in [0.25, 0.3) is 6.08 Å². The van der Waals surface area contributed by atoms with Crippen molar-refractivity contribution >= 4 is 12.0 Å². The van der Waals surface area contributed by atoms with Crippen molar-refractivity contribution in [2.24, 2.45) is 0 Å². The predicted molar refractivity (Wildman–Crippen MR) is 176 cm³/mol. The molecule has 0 atom stereocenters. The van der Waals surface area contributed by atoms with Crippen LogP contribution in [0.4, 0.5) is 0 Å². The van der Waals surface area contributed by atoms with Gasteiger partial charge in [-0.15, -0.1) is 0 Å². The summed E-state index contributed by atoms with van der Waals surface area (Å²) in [5, 5.41) is 0. The summed E-state index contributed by atoms with van der Waals surface area (Å²) in [6, 6.07) is 5.92. The van der Waals surface area contributed by atoms with Crippen LogP contribution in [0, 0.1) is 0 Å². The topological polar surface area (TPSA) is 44.8 Å². The number of carbonyl (C=O) groups excluding carboxylic acids is 1. The first kappa shape index (κ1) is 37.1. The molecule has 0 spiro atoms. The van der Waals surface area contributed by atoms with Crippen LogP contribution < -0.4 is 9.47 Å². The van der Waals surface area contributed by atoms with Gasteiger partial charge in [-0.1, -0.05) is 135 Å². The molecular weight excluding hydrogens is 508 g/mol. The highest BCUT2D eigenvalue weighted by Gasteiger charge is 2.14. The van der Waals surface area contributed by atoms with Crippen LogP contribution in [0.5, 0.6) is 11.5 Å². The minimum atomic E-state index is -0.503. The molecule has 0 fully saturated rings. The van der Waals surface area contributed by atoms with E-state index in [2.05, 4.69) is 13.8 Å². The molecule has 0 amide bonds. The summed E-state index contributed by atoms with van der Waals surface area (Å²) >= 11 is 0. The fourth-order valence-electron chi connectivity index (χ4n) is 4.90. The summed E-state index contributed by atoms with van der Waals surface area (Å²) < 4.78 is 17.8. The number of esters is 1. The van der Waals surface area contributed by atoms with Crippen LogP contribution in [-0.4, -0.2) is 24.8 Å². The number of benzene rings is 1. The molecule has 0 aliphatic rings. The molecule has 0 aromatic heterocycles. The molecule has 0 saturated carbocycles. The Balaban J connectivity index is 2.48. The smallest absolute Gasteiger partial charge is 0.331 e. The molecule has 0 N–H and O–H groups in total. The van der Waals surface area contributed by atoms with Gasteiger partial charge in [-0.05, 0) is 57.4 Å². The fourth-order valence-corrected chi connectivity index (χ4v) is 4.90. The third kappa shape index (κ3) is 22.3. The Morgan fingerprint density at radius 2 is 1.02 bits per heavy atom. The summed E-state index contributed by atoms with van der Waals surface area (Å²) in [4.78, 5) is 12.1. The molecule has 0 aliphatic carbocycles. The number of rotatable bonds is 26. The molecule has 0 heterocycles. The number of ether oxygens (including phenoxy) is 3. The van der Waals surface area contributed by atoms with E-state index >= 15 is 0 Å². The fraction of sp³-hybridized carbons (Fsp3) is 0.757. The Kier molecular flexibility index (Phi) is 22.2. The molecule has 1 aromatic carbocycles. The van der Waals surface area contributed by atoms with Crippen molar-refractivity contribution in [2.45, 2.75) is 169 Å². The first-order chi connectivity index (χ1) is 19.9. The highest BCUT2D eigenvalue weighted by atomic mass is 16.6. The molecule has 0 bridgehead atoms. The summed E-state index contributed by atoms with van der Waals surface area (Å²) in [5.74, 6) is 1.22. The van der Waals surface area contributed by atoms with Crippen LogP contribution >= 0.6 is 0 Å². The highest BCUT2D eigenvalue weighted by molar-refractivity contribution is 5.87. The third-order valence-corrected chi connectivity index (χ3v) is 7.30. The van der Waals surface area contributed by atoms with Gasteiger partial charge < -0.3 is 14.2 Å². The summed E-state index contributed by atoms with van der Waals surface area (Å²) in [5.41, 5.74) is 0.400. The summed E-state index contributed by atoms with van der Waals surface area (Å²) in [7, 11) is 0. The Hall–Kier alpha value is -1.97. The van der Waals surface area contributed by atoms with Crippen LogP contribution in [0.15, 0.2) is 24.3 Å². The second-order valence-corrected chi connectivity index (χ2v) is 12.6. The van der Waals surface area contributed by atoms with E-state index in [9.17, 15) is 4.79 Å². The maximum atomic E-state index is 12.1. The van der Waals surface area contributed by atoms with E-state index in [1.165, 1.54) is 122 Å². The van der Waals surface area contributed by atoms with E-state index in [1.807, 2.05) is 39.0 Å². The first-order valence-corrected chi connectivity index (χ1v) is 17.2. The third-order valence-electron chi connectivity index (χ3n) is 7.30. The van der Waals surface area contributed by atoms with E-state index in [4.69, 9.17) is 14.2 Å². The van der Waals surface area contributed by atoms with Gasteiger partial charge >= 0.3 is 5.97 Å². The first-order valence-electron chi connectivity index (χ1n) is 17.2. The van der Waals surface area contributed by atoms with Crippen molar-refractivity contribution in [2.75, 3.05) is 13.2 Å². The van der Waals surface area contributed by atoms with Crippen molar-refractivity contribution in [3.05, 3.63) is 29.8 Å². The highest BCUT2D eigenvalue weighted by Crippen LogP contribution is 2.30. The Labute approximate surface area is 254 Å². The normalized spacial score (nSPS) is 11.7. The van der Waals surface area contributed by atoms with E-state index in [-0.39, 0.29) is 5.97 Å². The van der Waals surface area contributed by atoms with Gasteiger partial charge in [0, 0.05) is 6.08 Å². The van der Waals surface area contributed by atoms with Gasteiger partial charge in [0.2, 0.25) is 0 Å². The van der Waals surface area contributed by atoms with Crippen molar-refractivity contribution in [3.8, 4) is 11.5 Å². The molecule has 1 aromatic rings. The van der Waals surface area contributed by atoms with Gasteiger partial charge in [-0.2, -0.15) is 0 Å². The Morgan fingerprint density at radius 1 is 0.610 bits per heavy atom. The average molecular weight is 573 g/mol. The van der Waals surface area contributed by atoms with Gasteiger partial charge in [0.15, 0.2) is 11.5 Å².